The zero-order chi connectivity index (χ0) is 9.23. The molecule has 0 atom stereocenters. The van der Waals surface area contributed by atoms with Crippen LogP contribution in [0.25, 0.3) is 0 Å². The summed E-state index contributed by atoms with van der Waals surface area (Å²) >= 11 is 0. The molecule has 15 heavy (non-hydrogen) atoms. The molecule has 0 unspecified atom stereocenters. The minimum absolute atomic E-state index is 0. The monoisotopic (exact) mass is 542 g/mol. The van der Waals surface area contributed by atoms with Crippen LogP contribution in [0.4, 0.5) is 0 Å². The molecule has 0 saturated heterocycles. The largest absolute Gasteiger partial charge is 0.374 e. The van der Waals surface area contributed by atoms with Crippen molar-refractivity contribution >= 4 is 56.1 Å². The Morgan fingerprint density at radius 3 is 1.07 bits per heavy atom. The minimum atomic E-state index is -0.576. The van der Waals surface area contributed by atoms with Crippen molar-refractivity contribution in [2.45, 2.75) is 13.8 Å². The van der Waals surface area contributed by atoms with E-state index in [-0.39, 0.29) is 67.4 Å². The van der Waals surface area contributed by atoms with E-state index in [1.165, 1.54) is 0 Å². The minimum Gasteiger partial charge on any atom is -0.374 e. The second kappa shape index (κ2) is 21.0. The van der Waals surface area contributed by atoms with Crippen molar-refractivity contribution in [2.75, 3.05) is 12.3 Å². The standard InChI is InChI=1S/C6H6.C4H11OP.2HI.Ru/c1-2-4-6-5-3-1;1-3-6(5)4-2;;;/h1-6H;5H,3-4H2,1-2H3;2*1H;. The summed E-state index contributed by atoms with van der Waals surface area (Å²) in [5.74, 6) is 0. The van der Waals surface area contributed by atoms with Gasteiger partial charge in [0.15, 0.2) is 0 Å². The molecule has 0 aliphatic rings. The van der Waals surface area contributed by atoms with Gasteiger partial charge >= 0.3 is 0 Å². The van der Waals surface area contributed by atoms with Crippen molar-refractivity contribution in [3.63, 3.8) is 0 Å². The van der Waals surface area contributed by atoms with Gasteiger partial charge in [0.2, 0.25) is 0 Å². The van der Waals surface area contributed by atoms with E-state index in [0.717, 1.165) is 12.3 Å². The zero-order valence-corrected chi connectivity index (χ0v) is 16.2. The Labute approximate surface area is 141 Å². The zero-order valence-electron chi connectivity index (χ0n) is 8.94. The summed E-state index contributed by atoms with van der Waals surface area (Å²) in [7, 11) is -0.576. The van der Waals surface area contributed by atoms with Gasteiger partial charge in [0.1, 0.15) is 0 Å². The Hall–Kier alpha value is 1.69. The summed E-state index contributed by atoms with van der Waals surface area (Å²) in [5, 5.41) is 0. The van der Waals surface area contributed by atoms with Crippen molar-refractivity contribution in [2.24, 2.45) is 0 Å². The van der Waals surface area contributed by atoms with Crippen LogP contribution in [0.1, 0.15) is 13.8 Å². The fourth-order valence-electron chi connectivity index (χ4n) is 0.609. The van der Waals surface area contributed by atoms with E-state index in [0.29, 0.717) is 0 Å². The van der Waals surface area contributed by atoms with Crippen molar-refractivity contribution in [3.05, 3.63) is 36.4 Å². The second-order valence-corrected chi connectivity index (χ2v) is 4.57. The van der Waals surface area contributed by atoms with Gasteiger partial charge in [-0.15, -0.1) is 48.0 Å². The predicted molar refractivity (Wildman–Crippen MR) is 87.5 cm³/mol. The van der Waals surface area contributed by atoms with Gasteiger partial charge in [0.05, 0.1) is 0 Å². The van der Waals surface area contributed by atoms with E-state index in [2.05, 4.69) is 0 Å². The molecule has 0 fully saturated rings. The summed E-state index contributed by atoms with van der Waals surface area (Å²) in [6, 6.07) is 12.0. The molecule has 0 heterocycles. The Morgan fingerprint density at radius 2 is 1.00 bits per heavy atom. The number of halogens is 2. The van der Waals surface area contributed by atoms with Crippen LogP contribution >= 0.6 is 56.1 Å². The molecule has 1 aromatic rings. The SMILES string of the molecule is CCP(O)CC.I.I.[Ru].c1ccccc1. The van der Waals surface area contributed by atoms with E-state index in [1.54, 1.807) is 0 Å². The maximum Gasteiger partial charge on any atom is 0.0245 e. The van der Waals surface area contributed by atoms with Gasteiger partial charge in [0, 0.05) is 27.6 Å². The second-order valence-electron chi connectivity index (χ2n) is 2.29. The Morgan fingerprint density at radius 1 is 0.800 bits per heavy atom. The van der Waals surface area contributed by atoms with Gasteiger partial charge in [0.25, 0.3) is 0 Å². The molecule has 1 rings (SSSR count). The summed E-state index contributed by atoms with van der Waals surface area (Å²) in [5.41, 5.74) is 0. The van der Waals surface area contributed by atoms with E-state index in [9.17, 15) is 0 Å². The first kappa shape index (κ1) is 25.5. The fraction of sp³-hybridized carbons (Fsp3) is 0.400. The predicted octanol–water partition coefficient (Wildman–Crippen LogP) is 4.34. The maximum absolute atomic E-state index is 8.73. The molecule has 1 aromatic carbocycles. The molecule has 0 radical (unpaired) electrons. The third kappa shape index (κ3) is 21.5. The quantitative estimate of drug-likeness (QED) is 0.336. The summed E-state index contributed by atoms with van der Waals surface area (Å²) < 4.78 is 0. The first-order valence-electron chi connectivity index (χ1n) is 4.25. The van der Waals surface area contributed by atoms with E-state index in [1.807, 2.05) is 50.2 Å². The number of hydrogen-bond donors (Lipinski definition) is 1. The summed E-state index contributed by atoms with van der Waals surface area (Å²) in [6.45, 7) is 4.02. The van der Waals surface area contributed by atoms with Crippen molar-refractivity contribution in [1.82, 2.24) is 0 Å². The average molecular weight is 541 g/mol. The molecule has 0 aromatic heterocycles. The molecule has 1 nitrogen and oxygen atoms in total. The van der Waals surface area contributed by atoms with E-state index < -0.39 is 8.15 Å². The van der Waals surface area contributed by atoms with Gasteiger partial charge in [-0.25, -0.2) is 0 Å². The van der Waals surface area contributed by atoms with Crippen molar-refractivity contribution in [3.8, 4) is 0 Å². The van der Waals surface area contributed by atoms with Gasteiger partial charge in [-0.1, -0.05) is 50.2 Å². The van der Waals surface area contributed by atoms with Gasteiger partial charge in [-0.2, -0.15) is 0 Å². The fourth-order valence-corrected chi connectivity index (χ4v) is 1.06. The van der Waals surface area contributed by atoms with Crippen LogP contribution < -0.4 is 0 Å². The van der Waals surface area contributed by atoms with Gasteiger partial charge in [-0.3, -0.25) is 0 Å². The van der Waals surface area contributed by atoms with Crippen LogP contribution in [0.5, 0.6) is 0 Å². The molecule has 0 amide bonds. The molecule has 92 valence electrons. The molecule has 0 aliphatic carbocycles. The normalized spacial score (nSPS) is 7.20. The molecular formula is C10H19I2OPRu. The number of hydrogen-bond acceptors (Lipinski definition) is 1. The number of rotatable bonds is 2. The molecule has 0 bridgehead atoms. The topological polar surface area (TPSA) is 20.2 Å². The maximum atomic E-state index is 8.73. The molecule has 1 N–H and O–H groups in total. The first-order valence-corrected chi connectivity index (χ1v) is 5.91. The third-order valence-electron chi connectivity index (χ3n) is 1.40. The van der Waals surface area contributed by atoms with Crippen molar-refractivity contribution < 1.29 is 24.4 Å². The Bertz CT molecular complexity index is 148. The van der Waals surface area contributed by atoms with Crippen LogP contribution in [0.2, 0.25) is 0 Å². The Kier molecular flexibility index (Phi) is 35.8. The van der Waals surface area contributed by atoms with Crippen LogP contribution in [-0.4, -0.2) is 17.2 Å². The van der Waals surface area contributed by atoms with E-state index in [4.69, 9.17) is 4.89 Å². The summed E-state index contributed by atoms with van der Waals surface area (Å²) in [4.78, 5) is 8.73. The molecule has 5 heteroatoms. The van der Waals surface area contributed by atoms with Gasteiger partial charge in [-0.05, 0) is 12.3 Å². The molecule has 0 spiro atoms. The summed E-state index contributed by atoms with van der Waals surface area (Å²) in [6.07, 6.45) is 1.90. The molecular weight excluding hydrogens is 522 g/mol. The van der Waals surface area contributed by atoms with Crippen LogP contribution in [0, 0.1) is 0 Å². The Balaban J connectivity index is -0.0000000672. The number of benzene rings is 1. The smallest absolute Gasteiger partial charge is 0.0245 e. The first-order chi connectivity index (χ1) is 5.81. The molecule has 0 saturated carbocycles. The van der Waals surface area contributed by atoms with Crippen LogP contribution in [0.3, 0.4) is 0 Å². The molecule has 0 aliphatic heterocycles. The average Bonchev–Trinajstić information content (AvgIpc) is 2.20. The van der Waals surface area contributed by atoms with Crippen molar-refractivity contribution in [1.29, 1.82) is 0 Å². The van der Waals surface area contributed by atoms with E-state index >= 15 is 0 Å². The van der Waals surface area contributed by atoms with Crippen LogP contribution in [0.15, 0.2) is 36.4 Å². The van der Waals surface area contributed by atoms with Crippen LogP contribution in [-0.2, 0) is 19.5 Å². The van der Waals surface area contributed by atoms with Gasteiger partial charge < -0.3 is 4.89 Å². The third-order valence-corrected chi connectivity index (χ3v) is 2.86.